The van der Waals surface area contributed by atoms with Gasteiger partial charge in [-0.15, -0.1) is 0 Å². The van der Waals surface area contributed by atoms with Gasteiger partial charge in [0.1, 0.15) is 23.0 Å². The van der Waals surface area contributed by atoms with Crippen molar-refractivity contribution in [1.82, 2.24) is 0 Å². The van der Waals surface area contributed by atoms with Gasteiger partial charge < -0.3 is 19.7 Å². The number of allylic oxidation sites excluding steroid dienone is 4. The normalized spacial score (nSPS) is 17.4. The molecule has 5 nitrogen and oxygen atoms in total. The van der Waals surface area contributed by atoms with Crippen molar-refractivity contribution in [3.05, 3.63) is 47.8 Å². The summed E-state index contributed by atoms with van der Waals surface area (Å²) in [5, 5.41) is 18.9. The zero-order chi connectivity index (χ0) is 16.1. The van der Waals surface area contributed by atoms with Crippen LogP contribution in [-0.4, -0.2) is 30.2 Å². The van der Waals surface area contributed by atoms with Crippen molar-refractivity contribution in [2.45, 2.75) is 6.42 Å². The first-order chi connectivity index (χ1) is 10.5. The van der Waals surface area contributed by atoms with Crippen molar-refractivity contribution in [1.29, 1.82) is 0 Å². The van der Waals surface area contributed by atoms with Crippen molar-refractivity contribution >= 4 is 11.9 Å². The first kappa shape index (κ1) is 15.7. The van der Waals surface area contributed by atoms with E-state index in [1.807, 2.05) is 0 Å². The second kappa shape index (κ2) is 6.85. The minimum atomic E-state index is -0.291. The highest BCUT2D eigenvalue weighted by Gasteiger charge is 2.16. The minimum absolute atomic E-state index is 0.0213. The van der Waals surface area contributed by atoms with Crippen LogP contribution in [0.4, 0.5) is 0 Å². The van der Waals surface area contributed by atoms with E-state index in [4.69, 9.17) is 9.47 Å². The summed E-state index contributed by atoms with van der Waals surface area (Å²) in [6.45, 7) is 0. The third-order valence-electron chi connectivity index (χ3n) is 3.39. The number of carbonyl (C=O) groups excluding carboxylic acids is 1. The number of aromatic hydroxyl groups is 1. The predicted octanol–water partition coefficient (Wildman–Crippen LogP) is 3.01. The summed E-state index contributed by atoms with van der Waals surface area (Å²) < 4.78 is 10.4. The molecule has 5 heteroatoms. The van der Waals surface area contributed by atoms with Gasteiger partial charge >= 0.3 is 0 Å². The van der Waals surface area contributed by atoms with Crippen LogP contribution in [-0.2, 0) is 4.79 Å². The fourth-order valence-corrected chi connectivity index (χ4v) is 2.20. The molecule has 1 atom stereocenters. The lowest BCUT2D eigenvalue weighted by molar-refractivity contribution is -0.116. The number of ether oxygens (including phenoxy) is 2. The van der Waals surface area contributed by atoms with Crippen LogP contribution in [0.5, 0.6) is 17.2 Å². The van der Waals surface area contributed by atoms with Crippen molar-refractivity contribution in [3.63, 3.8) is 0 Å². The second-order valence-electron chi connectivity index (χ2n) is 4.83. The van der Waals surface area contributed by atoms with Crippen molar-refractivity contribution in [2.75, 3.05) is 14.2 Å². The maximum Gasteiger partial charge on any atom is 0.162 e. The lowest BCUT2D eigenvalue weighted by Gasteiger charge is -2.12. The van der Waals surface area contributed by atoms with E-state index in [1.54, 1.807) is 18.2 Å². The number of ketones is 1. The highest BCUT2D eigenvalue weighted by molar-refractivity contribution is 5.97. The predicted molar refractivity (Wildman–Crippen MR) is 83.2 cm³/mol. The van der Waals surface area contributed by atoms with Gasteiger partial charge in [-0.05, 0) is 30.7 Å². The van der Waals surface area contributed by atoms with Crippen LogP contribution in [0.2, 0.25) is 0 Å². The molecule has 0 heterocycles. The summed E-state index contributed by atoms with van der Waals surface area (Å²) in [6, 6.07) is 2.90. The molecular weight excluding hydrogens is 284 g/mol. The Morgan fingerprint density at radius 3 is 2.36 bits per heavy atom. The molecule has 116 valence electrons. The summed E-state index contributed by atoms with van der Waals surface area (Å²) in [6.07, 6.45) is 8.32. The third-order valence-corrected chi connectivity index (χ3v) is 3.39. The van der Waals surface area contributed by atoms with E-state index in [2.05, 4.69) is 0 Å². The van der Waals surface area contributed by atoms with Gasteiger partial charge in [0.05, 0.1) is 19.8 Å². The summed E-state index contributed by atoms with van der Waals surface area (Å²) in [4.78, 5) is 12.2. The molecule has 0 amide bonds. The van der Waals surface area contributed by atoms with Gasteiger partial charge in [-0.1, -0.05) is 6.08 Å². The maximum atomic E-state index is 12.2. The number of aliphatic hydroxyl groups is 1. The number of hydrogen-bond donors (Lipinski definition) is 2. The average molecular weight is 302 g/mol. The highest BCUT2D eigenvalue weighted by Crippen LogP contribution is 2.34. The molecular formula is C17H18O5. The fraction of sp³-hybridized carbons (Fsp3) is 0.235. The SMILES string of the molecule is COc1cc(O)cc(OC)c1C=CC(=O)[C@H]1C=CC(O)=CC1. The van der Waals surface area contributed by atoms with Gasteiger partial charge in [0.15, 0.2) is 5.78 Å². The maximum absolute atomic E-state index is 12.2. The average Bonchev–Trinajstić information content (AvgIpc) is 2.53. The van der Waals surface area contributed by atoms with E-state index in [-0.39, 0.29) is 23.2 Å². The molecule has 1 aliphatic rings. The number of methoxy groups -OCH3 is 2. The number of phenolic OH excluding ortho intramolecular Hbond substituents is 1. The first-order valence-corrected chi connectivity index (χ1v) is 6.79. The molecule has 1 aromatic carbocycles. The van der Waals surface area contributed by atoms with Crippen LogP contribution in [0, 0.1) is 5.92 Å². The Hall–Kier alpha value is -2.69. The Labute approximate surface area is 128 Å². The summed E-state index contributed by atoms with van der Waals surface area (Å²) >= 11 is 0. The van der Waals surface area contributed by atoms with E-state index in [0.29, 0.717) is 23.5 Å². The number of rotatable bonds is 5. The molecule has 1 aliphatic carbocycles. The van der Waals surface area contributed by atoms with Crippen LogP contribution in [0.3, 0.4) is 0 Å². The van der Waals surface area contributed by atoms with Crippen molar-refractivity contribution < 1.29 is 24.5 Å². The van der Waals surface area contributed by atoms with Gasteiger partial charge in [-0.2, -0.15) is 0 Å². The molecule has 0 spiro atoms. The Morgan fingerprint density at radius 2 is 1.86 bits per heavy atom. The molecule has 22 heavy (non-hydrogen) atoms. The topological polar surface area (TPSA) is 76.0 Å². The van der Waals surface area contributed by atoms with Gasteiger partial charge in [0, 0.05) is 18.1 Å². The van der Waals surface area contributed by atoms with E-state index in [1.165, 1.54) is 38.5 Å². The van der Waals surface area contributed by atoms with E-state index < -0.39 is 0 Å². The molecule has 0 fully saturated rings. The molecule has 1 aromatic rings. The molecule has 0 aromatic heterocycles. The van der Waals surface area contributed by atoms with Gasteiger partial charge in [-0.3, -0.25) is 4.79 Å². The molecule has 0 bridgehead atoms. The van der Waals surface area contributed by atoms with Crippen molar-refractivity contribution in [3.8, 4) is 17.2 Å². The second-order valence-corrected chi connectivity index (χ2v) is 4.83. The molecule has 0 radical (unpaired) electrons. The highest BCUT2D eigenvalue weighted by atomic mass is 16.5. The van der Waals surface area contributed by atoms with Crippen molar-refractivity contribution in [2.24, 2.45) is 5.92 Å². The van der Waals surface area contributed by atoms with Crippen LogP contribution in [0.1, 0.15) is 12.0 Å². The van der Waals surface area contributed by atoms with Gasteiger partial charge in [-0.25, -0.2) is 0 Å². The third kappa shape index (κ3) is 3.49. The molecule has 0 aliphatic heterocycles. The molecule has 0 saturated carbocycles. The number of carbonyl (C=O) groups is 1. The Morgan fingerprint density at radius 1 is 1.23 bits per heavy atom. The Bertz CT molecular complexity index is 630. The summed E-state index contributed by atoms with van der Waals surface area (Å²) in [7, 11) is 2.95. The Balaban J connectivity index is 2.23. The van der Waals surface area contributed by atoms with Gasteiger partial charge in [0.25, 0.3) is 0 Å². The van der Waals surface area contributed by atoms with Crippen LogP contribution < -0.4 is 9.47 Å². The molecule has 0 saturated heterocycles. The monoisotopic (exact) mass is 302 g/mol. The number of hydrogen-bond acceptors (Lipinski definition) is 5. The smallest absolute Gasteiger partial charge is 0.162 e. The molecule has 0 unspecified atom stereocenters. The zero-order valence-electron chi connectivity index (χ0n) is 12.4. The lowest BCUT2D eigenvalue weighted by atomic mass is 9.95. The lowest BCUT2D eigenvalue weighted by Crippen LogP contribution is -2.10. The number of phenols is 1. The zero-order valence-corrected chi connectivity index (χ0v) is 12.4. The molecule has 2 rings (SSSR count). The van der Waals surface area contributed by atoms with E-state index in [0.717, 1.165) is 0 Å². The fourth-order valence-electron chi connectivity index (χ4n) is 2.20. The standard InChI is InChI=1S/C17H18O5/c1-21-16-9-13(19)10-17(22-2)14(16)7-8-15(20)11-3-5-12(18)6-4-11/h3,5-11,18-19H,4H2,1-2H3/t11-/m0/s1. The minimum Gasteiger partial charge on any atom is -0.508 e. The largest absolute Gasteiger partial charge is 0.508 e. The van der Waals surface area contributed by atoms with Crippen LogP contribution >= 0.6 is 0 Å². The van der Waals surface area contributed by atoms with E-state index in [9.17, 15) is 15.0 Å². The Kier molecular flexibility index (Phi) is 4.88. The quantitative estimate of drug-likeness (QED) is 0.818. The molecule has 2 N–H and O–H groups in total. The van der Waals surface area contributed by atoms with Gasteiger partial charge in [0.2, 0.25) is 0 Å². The first-order valence-electron chi connectivity index (χ1n) is 6.79. The van der Waals surface area contributed by atoms with Crippen LogP contribution in [0.25, 0.3) is 6.08 Å². The number of aliphatic hydroxyl groups excluding tert-OH is 1. The summed E-state index contributed by atoms with van der Waals surface area (Å²) in [5.41, 5.74) is 0.578. The van der Waals surface area contributed by atoms with E-state index >= 15 is 0 Å². The summed E-state index contributed by atoms with van der Waals surface area (Å²) in [5.74, 6) is 0.650. The van der Waals surface area contributed by atoms with Crippen LogP contribution in [0.15, 0.2) is 42.2 Å². The number of benzene rings is 1.